The molecule has 0 spiro atoms. The molecule has 4 heteroatoms. The number of piperazine rings is 1. The maximum atomic E-state index is 11.7. The van der Waals surface area contributed by atoms with Crippen LogP contribution in [-0.2, 0) is 4.79 Å². The molecule has 2 aliphatic rings. The second kappa shape index (κ2) is 5.15. The van der Waals surface area contributed by atoms with Crippen LogP contribution in [0.25, 0.3) is 0 Å². The van der Waals surface area contributed by atoms with Gasteiger partial charge in [-0.2, -0.15) is 0 Å². The van der Waals surface area contributed by atoms with Crippen LogP contribution in [0.2, 0.25) is 0 Å². The predicted molar refractivity (Wildman–Crippen MR) is 64.3 cm³/mol. The van der Waals surface area contributed by atoms with E-state index >= 15 is 0 Å². The first-order chi connectivity index (χ1) is 7.68. The van der Waals surface area contributed by atoms with Crippen LogP contribution >= 0.6 is 0 Å². The van der Waals surface area contributed by atoms with Gasteiger partial charge in [0.1, 0.15) is 0 Å². The lowest BCUT2D eigenvalue weighted by Crippen LogP contribution is -2.52. The van der Waals surface area contributed by atoms with Gasteiger partial charge in [0.25, 0.3) is 0 Å². The lowest BCUT2D eigenvalue weighted by molar-refractivity contribution is -0.132. The molecule has 0 aromatic heterocycles. The molecule has 16 heavy (non-hydrogen) atoms. The third-order valence-corrected chi connectivity index (χ3v) is 3.70. The van der Waals surface area contributed by atoms with E-state index in [1.165, 1.54) is 19.4 Å². The molecule has 2 fully saturated rings. The van der Waals surface area contributed by atoms with Crippen LogP contribution in [0.15, 0.2) is 0 Å². The van der Waals surface area contributed by atoms with E-state index in [1.807, 2.05) is 4.90 Å². The Bertz CT molecular complexity index is 255. The van der Waals surface area contributed by atoms with Gasteiger partial charge >= 0.3 is 0 Å². The molecule has 1 N–H and O–H groups in total. The van der Waals surface area contributed by atoms with Gasteiger partial charge in [-0.15, -0.1) is 0 Å². The van der Waals surface area contributed by atoms with E-state index in [2.05, 4.69) is 24.1 Å². The quantitative estimate of drug-likeness (QED) is 0.750. The van der Waals surface area contributed by atoms with E-state index in [4.69, 9.17) is 0 Å². The van der Waals surface area contributed by atoms with E-state index in [-0.39, 0.29) is 5.91 Å². The molecule has 2 aliphatic heterocycles. The van der Waals surface area contributed by atoms with E-state index in [1.54, 1.807) is 0 Å². The molecule has 2 rings (SSSR count). The van der Waals surface area contributed by atoms with Gasteiger partial charge in [0, 0.05) is 31.7 Å². The third kappa shape index (κ3) is 2.55. The van der Waals surface area contributed by atoms with E-state index in [0.29, 0.717) is 18.6 Å². The van der Waals surface area contributed by atoms with Gasteiger partial charge in [0.2, 0.25) is 5.91 Å². The highest BCUT2D eigenvalue weighted by atomic mass is 16.2. The fourth-order valence-electron chi connectivity index (χ4n) is 2.83. The summed E-state index contributed by atoms with van der Waals surface area (Å²) in [6, 6.07) is 1.19. The monoisotopic (exact) mass is 225 g/mol. The summed E-state index contributed by atoms with van der Waals surface area (Å²) in [5, 5.41) is 3.12. The second-order valence-corrected chi connectivity index (χ2v) is 5.14. The lowest BCUT2D eigenvalue weighted by atomic mass is 10.1. The van der Waals surface area contributed by atoms with Gasteiger partial charge < -0.3 is 10.2 Å². The molecular weight excluding hydrogens is 202 g/mol. The Morgan fingerprint density at radius 1 is 1.44 bits per heavy atom. The Morgan fingerprint density at radius 2 is 2.25 bits per heavy atom. The zero-order chi connectivity index (χ0) is 11.5. The number of carbonyl (C=O) groups excluding carboxylic acids is 1. The molecule has 92 valence electrons. The molecule has 0 aliphatic carbocycles. The summed E-state index contributed by atoms with van der Waals surface area (Å²) in [4.78, 5) is 16.3. The van der Waals surface area contributed by atoms with Crippen molar-refractivity contribution < 1.29 is 4.79 Å². The molecule has 0 saturated carbocycles. The number of nitrogens with one attached hydrogen (secondary N) is 1. The number of likely N-dealkylation sites (tertiary alicyclic amines) is 1. The highest BCUT2D eigenvalue weighted by molar-refractivity contribution is 5.79. The number of rotatable bonds is 3. The van der Waals surface area contributed by atoms with Crippen LogP contribution in [0, 0.1) is 0 Å². The first-order valence-electron chi connectivity index (χ1n) is 6.42. The number of hydrogen-bond acceptors (Lipinski definition) is 3. The number of nitrogens with zero attached hydrogens (tertiary/aromatic N) is 2. The van der Waals surface area contributed by atoms with Crippen LogP contribution in [0.4, 0.5) is 0 Å². The summed E-state index contributed by atoms with van der Waals surface area (Å²) in [5.41, 5.74) is 0. The molecule has 0 aromatic carbocycles. The van der Waals surface area contributed by atoms with Gasteiger partial charge in [-0.1, -0.05) is 0 Å². The minimum absolute atomic E-state index is 0.266. The summed E-state index contributed by atoms with van der Waals surface area (Å²) in [5.74, 6) is 0.266. The molecule has 1 unspecified atom stereocenters. The van der Waals surface area contributed by atoms with Crippen molar-refractivity contribution in [3.05, 3.63) is 0 Å². The Hall–Kier alpha value is -0.610. The van der Waals surface area contributed by atoms with Crippen molar-refractivity contribution in [3.63, 3.8) is 0 Å². The zero-order valence-corrected chi connectivity index (χ0v) is 10.4. The number of carbonyl (C=O) groups is 1. The van der Waals surface area contributed by atoms with Crippen molar-refractivity contribution in [2.24, 2.45) is 0 Å². The van der Waals surface area contributed by atoms with Crippen LogP contribution in [-0.4, -0.2) is 60.5 Å². The Labute approximate surface area is 98.0 Å². The molecule has 0 bridgehead atoms. The van der Waals surface area contributed by atoms with Crippen LogP contribution < -0.4 is 5.32 Å². The van der Waals surface area contributed by atoms with Crippen molar-refractivity contribution in [2.75, 3.05) is 32.7 Å². The molecule has 2 heterocycles. The van der Waals surface area contributed by atoms with Crippen molar-refractivity contribution >= 4 is 5.91 Å². The minimum atomic E-state index is 0.266. The van der Waals surface area contributed by atoms with Crippen LogP contribution in [0.1, 0.15) is 26.7 Å². The molecule has 1 amide bonds. The van der Waals surface area contributed by atoms with E-state index in [0.717, 1.165) is 19.6 Å². The van der Waals surface area contributed by atoms with Gasteiger partial charge in [-0.3, -0.25) is 9.69 Å². The molecule has 2 saturated heterocycles. The van der Waals surface area contributed by atoms with Gasteiger partial charge in [-0.25, -0.2) is 0 Å². The Balaban J connectivity index is 1.90. The maximum Gasteiger partial charge on any atom is 0.236 e. The minimum Gasteiger partial charge on any atom is -0.339 e. The standard InChI is InChI=1S/C12H23N3O/c1-10(2)15-6-3-4-11(15)9-14-7-5-13-8-12(14)16/h10-11,13H,3-9H2,1-2H3. The first-order valence-corrected chi connectivity index (χ1v) is 6.42. The zero-order valence-electron chi connectivity index (χ0n) is 10.4. The first kappa shape index (κ1) is 11.9. The predicted octanol–water partition coefficient (Wildman–Crippen LogP) is 0.291. The van der Waals surface area contributed by atoms with Gasteiger partial charge in [0.15, 0.2) is 0 Å². The van der Waals surface area contributed by atoms with E-state index in [9.17, 15) is 4.79 Å². The molecule has 0 aromatic rings. The largest absolute Gasteiger partial charge is 0.339 e. The summed E-state index contributed by atoms with van der Waals surface area (Å²) in [6.45, 7) is 8.97. The highest BCUT2D eigenvalue weighted by Crippen LogP contribution is 2.21. The fourth-order valence-corrected chi connectivity index (χ4v) is 2.83. The molecule has 4 nitrogen and oxygen atoms in total. The van der Waals surface area contributed by atoms with Crippen LogP contribution in [0.5, 0.6) is 0 Å². The highest BCUT2D eigenvalue weighted by Gasteiger charge is 2.30. The van der Waals surface area contributed by atoms with Crippen molar-refractivity contribution in [3.8, 4) is 0 Å². The number of amides is 1. The van der Waals surface area contributed by atoms with Gasteiger partial charge in [-0.05, 0) is 33.2 Å². The molecule has 1 atom stereocenters. The van der Waals surface area contributed by atoms with Gasteiger partial charge in [0.05, 0.1) is 6.54 Å². The Morgan fingerprint density at radius 3 is 2.94 bits per heavy atom. The SMILES string of the molecule is CC(C)N1CCCC1CN1CCNCC1=O. The summed E-state index contributed by atoms with van der Waals surface area (Å²) < 4.78 is 0. The average molecular weight is 225 g/mol. The van der Waals surface area contributed by atoms with Crippen LogP contribution in [0.3, 0.4) is 0 Å². The third-order valence-electron chi connectivity index (χ3n) is 3.70. The molecule has 0 radical (unpaired) electrons. The van der Waals surface area contributed by atoms with Crippen molar-refractivity contribution in [1.82, 2.24) is 15.1 Å². The lowest BCUT2D eigenvalue weighted by Gasteiger charge is -2.35. The normalized spacial score (nSPS) is 28.1. The summed E-state index contributed by atoms with van der Waals surface area (Å²) in [6.07, 6.45) is 2.53. The average Bonchev–Trinajstić information content (AvgIpc) is 2.69. The summed E-state index contributed by atoms with van der Waals surface area (Å²) >= 11 is 0. The number of hydrogen-bond donors (Lipinski definition) is 1. The Kier molecular flexibility index (Phi) is 3.82. The summed E-state index contributed by atoms with van der Waals surface area (Å²) in [7, 11) is 0. The smallest absolute Gasteiger partial charge is 0.236 e. The van der Waals surface area contributed by atoms with E-state index < -0.39 is 0 Å². The maximum absolute atomic E-state index is 11.7. The molecular formula is C12H23N3O. The fraction of sp³-hybridized carbons (Fsp3) is 0.917. The van der Waals surface area contributed by atoms with Crippen molar-refractivity contribution in [2.45, 2.75) is 38.8 Å². The second-order valence-electron chi connectivity index (χ2n) is 5.14. The topological polar surface area (TPSA) is 35.6 Å². The van der Waals surface area contributed by atoms with Crippen molar-refractivity contribution in [1.29, 1.82) is 0 Å².